The highest BCUT2D eigenvalue weighted by Gasteiger charge is 2.39. The van der Waals surface area contributed by atoms with Gasteiger partial charge in [-0.3, -0.25) is 0 Å². The maximum atomic E-state index is 14.7. The number of aromatic nitrogens is 1. The van der Waals surface area contributed by atoms with Crippen molar-refractivity contribution in [2.45, 2.75) is 43.8 Å². The van der Waals surface area contributed by atoms with Crippen LogP contribution in [0.2, 0.25) is 0 Å². The SMILES string of the molecule is Fc1ccc([C@@](Cc2ccccc2)(Nc2nc3c(s2)CCCC3)c2cc(F)cc(C(F)(F)F)c2)cc1. The number of alkyl halides is 3. The summed E-state index contributed by atoms with van der Waals surface area (Å²) in [6.45, 7) is 0. The van der Waals surface area contributed by atoms with Crippen LogP contribution in [0.4, 0.5) is 27.1 Å². The number of nitrogens with one attached hydrogen (secondary N) is 1. The Bertz CT molecular complexity index is 1330. The van der Waals surface area contributed by atoms with E-state index in [1.807, 2.05) is 30.3 Å². The Kier molecular flexibility index (Phi) is 6.55. The van der Waals surface area contributed by atoms with E-state index in [1.54, 1.807) is 0 Å². The second-order valence-corrected chi connectivity index (χ2v) is 10.1. The lowest BCUT2D eigenvalue weighted by atomic mass is 9.77. The molecule has 0 saturated carbocycles. The molecule has 36 heavy (non-hydrogen) atoms. The topological polar surface area (TPSA) is 24.9 Å². The van der Waals surface area contributed by atoms with Gasteiger partial charge in [0.1, 0.15) is 11.6 Å². The zero-order chi connectivity index (χ0) is 25.3. The van der Waals surface area contributed by atoms with Crippen molar-refractivity contribution < 1.29 is 22.0 Å². The first-order valence-corrected chi connectivity index (χ1v) is 12.5. The third-order valence-electron chi connectivity index (χ3n) is 6.53. The average molecular weight is 515 g/mol. The highest BCUT2D eigenvalue weighted by atomic mass is 32.1. The number of fused-ring (bicyclic) bond motifs is 1. The van der Waals surface area contributed by atoms with Crippen molar-refractivity contribution in [1.29, 1.82) is 0 Å². The second-order valence-electron chi connectivity index (χ2n) is 9.02. The number of halogens is 5. The van der Waals surface area contributed by atoms with Gasteiger partial charge in [0.25, 0.3) is 0 Å². The zero-order valence-corrected chi connectivity index (χ0v) is 20.0. The quantitative estimate of drug-likeness (QED) is 0.265. The number of hydrogen-bond acceptors (Lipinski definition) is 3. The summed E-state index contributed by atoms with van der Waals surface area (Å²) in [7, 11) is 0. The maximum Gasteiger partial charge on any atom is 0.416 e. The summed E-state index contributed by atoms with van der Waals surface area (Å²) >= 11 is 1.47. The Hall–Kier alpha value is -3.26. The fourth-order valence-electron chi connectivity index (χ4n) is 4.78. The fraction of sp³-hybridized carbons (Fsp3) is 0.250. The summed E-state index contributed by atoms with van der Waals surface area (Å²) in [5.41, 5.74) is -0.0574. The standard InChI is InChI=1S/C28H23F5N2S/c29-22-12-10-19(11-13-22)27(17-18-6-2-1-3-7-18,20-14-21(28(31,32)33)16-23(30)15-20)35-26-34-24-8-4-5-9-25(24)36-26/h1-3,6-7,10-16H,4-5,8-9,17H2,(H,34,35)/t27-/m1/s1. The molecule has 186 valence electrons. The highest BCUT2D eigenvalue weighted by molar-refractivity contribution is 7.15. The van der Waals surface area contributed by atoms with Gasteiger partial charge in [-0.25, -0.2) is 13.8 Å². The van der Waals surface area contributed by atoms with Crippen LogP contribution in [0.3, 0.4) is 0 Å². The zero-order valence-electron chi connectivity index (χ0n) is 19.2. The highest BCUT2D eigenvalue weighted by Crippen LogP contribution is 2.42. The number of rotatable bonds is 6. The van der Waals surface area contributed by atoms with Crippen molar-refractivity contribution in [2.24, 2.45) is 0 Å². The Morgan fingerprint density at radius 3 is 2.17 bits per heavy atom. The number of hydrogen-bond donors (Lipinski definition) is 1. The molecule has 0 unspecified atom stereocenters. The summed E-state index contributed by atoms with van der Waals surface area (Å²) in [5.74, 6) is -1.48. The van der Waals surface area contributed by atoms with Crippen LogP contribution in [-0.2, 0) is 31.0 Å². The van der Waals surface area contributed by atoms with E-state index in [4.69, 9.17) is 4.98 Å². The van der Waals surface area contributed by atoms with E-state index in [0.29, 0.717) is 16.8 Å². The monoisotopic (exact) mass is 514 g/mol. The van der Waals surface area contributed by atoms with Crippen LogP contribution >= 0.6 is 11.3 Å². The van der Waals surface area contributed by atoms with Gasteiger partial charge >= 0.3 is 6.18 Å². The van der Waals surface area contributed by atoms with E-state index in [0.717, 1.165) is 54.0 Å². The predicted molar refractivity (Wildman–Crippen MR) is 131 cm³/mol. The Morgan fingerprint density at radius 1 is 0.778 bits per heavy atom. The summed E-state index contributed by atoms with van der Waals surface area (Å²) in [6, 6.07) is 17.4. The molecule has 0 amide bonds. The molecule has 0 aliphatic heterocycles. The number of benzene rings is 3. The number of nitrogens with zero attached hydrogens (tertiary/aromatic N) is 1. The van der Waals surface area contributed by atoms with Gasteiger partial charge in [-0.05, 0) is 72.7 Å². The average Bonchev–Trinajstić information content (AvgIpc) is 3.26. The largest absolute Gasteiger partial charge is 0.416 e. The molecule has 1 aliphatic rings. The molecule has 1 N–H and O–H groups in total. The van der Waals surface area contributed by atoms with E-state index in [1.165, 1.54) is 35.6 Å². The molecule has 1 aliphatic carbocycles. The molecule has 1 heterocycles. The van der Waals surface area contributed by atoms with Crippen LogP contribution in [0, 0.1) is 11.6 Å². The summed E-state index contributed by atoms with van der Waals surface area (Å²) in [5, 5.41) is 3.95. The molecule has 0 fully saturated rings. The van der Waals surface area contributed by atoms with Crippen LogP contribution < -0.4 is 5.32 Å². The minimum atomic E-state index is -4.74. The summed E-state index contributed by atoms with van der Waals surface area (Å²) < 4.78 is 69.9. The number of thiazole rings is 1. The first-order chi connectivity index (χ1) is 17.2. The van der Waals surface area contributed by atoms with Crippen LogP contribution in [0.15, 0.2) is 72.8 Å². The predicted octanol–water partition coefficient (Wildman–Crippen LogP) is 7.92. The molecule has 3 aromatic carbocycles. The van der Waals surface area contributed by atoms with Crippen molar-refractivity contribution in [1.82, 2.24) is 4.98 Å². The molecule has 5 rings (SSSR count). The van der Waals surface area contributed by atoms with E-state index in [9.17, 15) is 22.0 Å². The van der Waals surface area contributed by atoms with Gasteiger partial charge in [-0.1, -0.05) is 42.5 Å². The Labute approximate surface area is 209 Å². The van der Waals surface area contributed by atoms with Crippen molar-refractivity contribution >= 4 is 16.5 Å². The maximum absolute atomic E-state index is 14.7. The van der Waals surface area contributed by atoms with Crippen molar-refractivity contribution in [3.8, 4) is 0 Å². The Morgan fingerprint density at radius 2 is 1.47 bits per heavy atom. The lowest BCUT2D eigenvalue weighted by Gasteiger charge is -2.37. The molecule has 2 nitrogen and oxygen atoms in total. The van der Waals surface area contributed by atoms with Crippen molar-refractivity contribution in [2.75, 3.05) is 5.32 Å². The minimum Gasteiger partial charge on any atom is -0.348 e. The van der Waals surface area contributed by atoms with Gasteiger partial charge in [0.15, 0.2) is 5.13 Å². The molecule has 0 saturated heterocycles. The molecule has 4 aromatic rings. The molecular formula is C28H23F5N2S. The second kappa shape index (κ2) is 9.65. The molecule has 8 heteroatoms. The van der Waals surface area contributed by atoms with Gasteiger partial charge in [-0.2, -0.15) is 13.2 Å². The Balaban J connectivity index is 1.74. The lowest BCUT2D eigenvalue weighted by molar-refractivity contribution is -0.137. The van der Waals surface area contributed by atoms with Crippen LogP contribution in [0.5, 0.6) is 0 Å². The van der Waals surface area contributed by atoms with Gasteiger partial charge in [0.2, 0.25) is 0 Å². The lowest BCUT2D eigenvalue weighted by Crippen LogP contribution is -2.39. The molecule has 1 atom stereocenters. The van der Waals surface area contributed by atoms with Gasteiger partial charge in [0.05, 0.1) is 16.8 Å². The fourth-order valence-corrected chi connectivity index (χ4v) is 5.91. The first kappa shape index (κ1) is 24.4. The van der Waals surface area contributed by atoms with Crippen LogP contribution in [0.25, 0.3) is 0 Å². The molecule has 1 aromatic heterocycles. The van der Waals surface area contributed by atoms with Crippen LogP contribution in [-0.4, -0.2) is 4.98 Å². The van der Waals surface area contributed by atoms with E-state index in [-0.39, 0.29) is 12.0 Å². The van der Waals surface area contributed by atoms with Crippen molar-refractivity contribution in [3.63, 3.8) is 0 Å². The van der Waals surface area contributed by atoms with Gasteiger partial charge in [-0.15, -0.1) is 11.3 Å². The minimum absolute atomic E-state index is 0.0819. The van der Waals surface area contributed by atoms with E-state index < -0.39 is 28.9 Å². The molecule has 0 spiro atoms. The third-order valence-corrected chi connectivity index (χ3v) is 7.61. The molecule has 0 bridgehead atoms. The normalized spacial score (nSPS) is 15.2. The van der Waals surface area contributed by atoms with E-state index in [2.05, 4.69) is 5.32 Å². The van der Waals surface area contributed by atoms with Gasteiger partial charge in [0, 0.05) is 11.3 Å². The summed E-state index contributed by atoms with van der Waals surface area (Å²) in [6.07, 6.45) is -0.728. The first-order valence-electron chi connectivity index (χ1n) is 11.7. The number of anilines is 1. The van der Waals surface area contributed by atoms with E-state index >= 15 is 0 Å². The van der Waals surface area contributed by atoms with Gasteiger partial charge < -0.3 is 5.32 Å². The van der Waals surface area contributed by atoms with Crippen LogP contribution in [0.1, 0.15) is 45.7 Å². The molecule has 0 radical (unpaired) electrons. The molecular weight excluding hydrogens is 491 g/mol. The summed E-state index contributed by atoms with van der Waals surface area (Å²) in [4.78, 5) is 5.90. The third kappa shape index (κ3) is 5.00. The van der Waals surface area contributed by atoms with Crippen molar-refractivity contribution in [3.05, 3.63) is 117 Å². The number of aryl methyl sites for hydroxylation is 2. The smallest absolute Gasteiger partial charge is 0.348 e.